The van der Waals surface area contributed by atoms with E-state index in [0.29, 0.717) is 6.61 Å². The third-order valence-electron chi connectivity index (χ3n) is 1.94. The maximum Gasteiger partial charge on any atom is 0.113 e. The summed E-state index contributed by atoms with van der Waals surface area (Å²) in [5, 5.41) is 3.94. The van der Waals surface area contributed by atoms with Crippen molar-refractivity contribution in [3.63, 3.8) is 0 Å². The van der Waals surface area contributed by atoms with E-state index in [1.54, 1.807) is 7.11 Å². The summed E-state index contributed by atoms with van der Waals surface area (Å²) in [5.74, 6) is 0. The van der Waals surface area contributed by atoms with Gasteiger partial charge in [-0.05, 0) is 12.5 Å². The van der Waals surface area contributed by atoms with Gasteiger partial charge in [-0.1, -0.05) is 29.4 Å². The zero-order valence-electron chi connectivity index (χ0n) is 8.78. The van der Waals surface area contributed by atoms with Crippen LogP contribution in [0.4, 0.5) is 0 Å². The molecule has 0 saturated heterocycles. The molecule has 3 nitrogen and oxygen atoms in total. The molecule has 76 valence electrons. The van der Waals surface area contributed by atoms with Gasteiger partial charge < -0.3 is 9.57 Å². The van der Waals surface area contributed by atoms with Gasteiger partial charge >= 0.3 is 0 Å². The normalized spacial score (nSPS) is 11.5. The van der Waals surface area contributed by atoms with Gasteiger partial charge in [-0.3, -0.25) is 0 Å². The maximum atomic E-state index is 5.06. The van der Waals surface area contributed by atoms with Gasteiger partial charge in [-0.2, -0.15) is 0 Å². The highest BCUT2D eigenvalue weighted by Gasteiger charge is 2.06. The minimum absolute atomic E-state index is 0.457. The molecule has 0 heterocycles. The Labute approximate surface area is 84.3 Å². The Morgan fingerprint density at radius 3 is 2.57 bits per heavy atom. The number of nitrogens with zero attached hydrogens (tertiary/aromatic N) is 1. The fourth-order valence-corrected chi connectivity index (χ4v) is 1.30. The van der Waals surface area contributed by atoms with Gasteiger partial charge in [0, 0.05) is 12.7 Å². The third kappa shape index (κ3) is 2.57. The molecule has 0 aromatic heterocycles. The third-order valence-corrected chi connectivity index (χ3v) is 1.94. The summed E-state index contributed by atoms with van der Waals surface area (Å²) in [5.41, 5.74) is 3.05. The summed E-state index contributed by atoms with van der Waals surface area (Å²) in [7, 11) is 3.18. The minimum Gasteiger partial charge on any atom is -0.399 e. The van der Waals surface area contributed by atoms with E-state index in [0.717, 1.165) is 11.3 Å². The molecule has 0 aliphatic carbocycles. The second-order valence-corrected chi connectivity index (χ2v) is 2.97. The van der Waals surface area contributed by atoms with Crippen molar-refractivity contribution >= 4 is 5.71 Å². The van der Waals surface area contributed by atoms with E-state index < -0.39 is 0 Å². The van der Waals surface area contributed by atoms with Gasteiger partial charge in [-0.25, -0.2) is 0 Å². The van der Waals surface area contributed by atoms with E-state index in [-0.39, 0.29) is 0 Å². The van der Waals surface area contributed by atoms with Crippen LogP contribution in [0.25, 0.3) is 0 Å². The number of oxime groups is 1. The molecular weight excluding hydrogens is 178 g/mol. The molecule has 0 N–H and O–H groups in total. The summed E-state index contributed by atoms with van der Waals surface area (Å²) >= 11 is 0. The van der Waals surface area contributed by atoms with Crippen molar-refractivity contribution in [1.82, 2.24) is 0 Å². The highest BCUT2D eigenvalue weighted by atomic mass is 16.6. The van der Waals surface area contributed by atoms with E-state index in [9.17, 15) is 0 Å². The second-order valence-electron chi connectivity index (χ2n) is 2.97. The van der Waals surface area contributed by atoms with Gasteiger partial charge in [0.25, 0.3) is 0 Å². The highest BCUT2D eigenvalue weighted by Crippen LogP contribution is 2.09. The number of aryl methyl sites for hydroxylation is 1. The molecule has 14 heavy (non-hydrogen) atoms. The molecule has 0 spiro atoms. The van der Waals surface area contributed by atoms with Crippen molar-refractivity contribution in [1.29, 1.82) is 0 Å². The van der Waals surface area contributed by atoms with Gasteiger partial charge in [0.2, 0.25) is 0 Å². The van der Waals surface area contributed by atoms with E-state index >= 15 is 0 Å². The summed E-state index contributed by atoms with van der Waals surface area (Å²) in [6.07, 6.45) is 0. The average Bonchev–Trinajstić information content (AvgIpc) is 2.18. The van der Waals surface area contributed by atoms with E-state index in [1.165, 1.54) is 12.7 Å². The van der Waals surface area contributed by atoms with Crippen molar-refractivity contribution in [2.24, 2.45) is 5.16 Å². The summed E-state index contributed by atoms with van der Waals surface area (Å²) in [4.78, 5) is 4.77. The van der Waals surface area contributed by atoms with E-state index in [1.807, 2.05) is 31.2 Å². The van der Waals surface area contributed by atoms with E-state index in [2.05, 4.69) is 5.16 Å². The first kappa shape index (κ1) is 10.7. The van der Waals surface area contributed by atoms with Gasteiger partial charge in [-0.15, -0.1) is 0 Å². The zero-order valence-corrected chi connectivity index (χ0v) is 8.78. The largest absolute Gasteiger partial charge is 0.399 e. The molecular formula is C11H15NO2. The predicted octanol–water partition coefficient (Wildman–Crippen LogP) is 1.99. The topological polar surface area (TPSA) is 30.8 Å². The standard InChI is InChI=1S/C11H15NO2/c1-9-6-4-5-7-10(9)11(8-13-2)12-14-3/h4-7H,8H2,1-3H3. The Bertz CT molecular complexity index is 321. The fourth-order valence-electron chi connectivity index (χ4n) is 1.30. The van der Waals surface area contributed by atoms with Crippen molar-refractivity contribution < 1.29 is 9.57 Å². The van der Waals surface area contributed by atoms with Crippen LogP contribution < -0.4 is 0 Å². The molecule has 0 fully saturated rings. The predicted molar refractivity (Wildman–Crippen MR) is 56.6 cm³/mol. The fraction of sp³-hybridized carbons (Fsp3) is 0.364. The first-order chi connectivity index (χ1) is 6.79. The lowest BCUT2D eigenvalue weighted by atomic mass is 10.1. The lowest BCUT2D eigenvalue weighted by Gasteiger charge is -2.07. The average molecular weight is 193 g/mol. The van der Waals surface area contributed by atoms with Crippen LogP contribution in [0.15, 0.2) is 29.4 Å². The van der Waals surface area contributed by atoms with Crippen LogP contribution in [0.5, 0.6) is 0 Å². The molecule has 0 radical (unpaired) electrons. The first-order valence-electron chi connectivity index (χ1n) is 4.44. The molecule has 0 saturated carbocycles. The first-order valence-corrected chi connectivity index (χ1v) is 4.44. The van der Waals surface area contributed by atoms with Crippen LogP contribution in [-0.4, -0.2) is 26.5 Å². The summed E-state index contributed by atoms with van der Waals surface area (Å²) in [6.45, 7) is 2.49. The molecule has 0 unspecified atom stereocenters. The lowest BCUT2D eigenvalue weighted by molar-refractivity contribution is 0.201. The van der Waals surface area contributed by atoms with E-state index in [4.69, 9.17) is 9.57 Å². The Hall–Kier alpha value is -1.35. The molecule has 0 aliphatic heterocycles. The molecule has 0 atom stereocenters. The Kier molecular flexibility index (Phi) is 4.13. The molecule has 0 aliphatic rings. The molecule has 3 heteroatoms. The van der Waals surface area contributed by atoms with Crippen molar-refractivity contribution in [2.45, 2.75) is 6.92 Å². The van der Waals surface area contributed by atoms with Crippen LogP contribution in [0.1, 0.15) is 11.1 Å². The number of benzene rings is 1. The number of methoxy groups -OCH3 is 1. The number of rotatable bonds is 4. The number of hydrogen-bond acceptors (Lipinski definition) is 3. The summed E-state index contributed by atoms with van der Waals surface area (Å²) < 4.78 is 5.06. The highest BCUT2D eigenvalue weighted by molar-refractivity contribution is 6.02. The zero-order chi connectivity index (χ0) is 10.4. The van der Waals surface area contributed by atoms with Crippen LogP contribution in [-0.2, 0) is 9.57 Å². The second kappa shape index (κ2) is 5.40. The minimum atomic E-state index is 0.457. The molecule has 0 bridgehead atoms. The van der Waals surface area contributed by atoms with Gasteiger partial charge in [0.15, 0.2) is 0 Å². The molecule has 1 aromatic rings. The Morgan fingerprint density at radius 2 is 2.00 bits per heavy atom. The Balaban J connectivity index is 2.99. The number of ether oxygens (including phenoxy) is 1. The van der Waals surface area contributed by atoms with Crippen LogP contribution >= 0.6 is 0 Å². The number of hydrogen-bond donors (Lipinski definition) is 0. The van der Waals surface area contributed by atoms with Crippen molar-refractivity contribution in [3.05, 3.63) is 35.4 Å². The van der Waals surface area contributed by atoms with Gasteiger partial charge in [0.1, 0.15) is 12.8 Å². The monoisotopic (exact) mass is 193 g/mol. The quantitative estimate of drug-likeness (QED) is 0.541. The molecule has 1 rings (SSSR count). The van der Waals surface area contributed by atoms with Crippen molar-refractivity contribution in [3.8, 4) is 0 Å². The molecule has 0 amide bonds. The SMILES string of the molecule is COCC(=NOC)c1ccccc1C. The van der Waals surface area contributed by atoms with Crippen LogP contribution in [0.2, 0.25) is 0 Å². The summed E-state index contributed by atoms with van der Waals surface area (Å²) in [6, 6.07) is 8.02. The smallest absolute Gasteiger partial charge is 0.113 e. The van der Waals surface area contributed by atoms with Crippen molar-refractivity contribution in [2.75, 3.05) is 20.8 Å². The van der Waals surface area contributed by atoms with Crippen LogP contribution in [0, 0.1) is 6.92 Å². The maximum absolute atomic E-state index is 5.06. The van der Waals surface area contributed by atoms with Crippen LogP contribution in [0.3, 0.4) is 0 Å². The van der Waals surface area contributed by atoms with Gasteiger partial charge in [0.05, 0.1) is 6.61 Å². The molecule has 1 aromatic carbocycles. The Morgan fingerprint density at radius 1 is 1.29 bits per heavy atom. The lowest BCUT2D eigenvalue weighted by Crippen LogP contribution is -2.10.